The van der Waals surface area contributed by atoms with Gasteiger partial charge in [-0.2, -0.15) is 0 Å². The highest BCUT2D eigenvalue weighted by molar-refractivity contribution is 5.98. The monoisotopic (exact) mass is 923 g/mol. The summed E-state index contributed by atoms with van der Waals surface area (Å²) in [5.74, 6) is -7.18. The van der Waals surface area contributed by atoms with Crippen molar-refractivity contribution in [2.24, 2.45) is 34.8 Å². The summed E-state index contributed by atoms with van der Waals surface area (Å²) in [6.45, 7) is 4.32. The molecule has 0 aromatic heterocycles. The van der Waals surface area contributed by atoms with Gasteiger partial charge in [0.2, 0.25) is 47.3 Å². The predicted octanol–water partition coefficient (Wildman–Crippen LogP) is -3.57. The minimum absolute atomic E-state index is 0.0335. The molecule has 0 radical (unpaired) electrons. The minimum Gasteiger partial charge on any atom is -0.391 e. The maximum absolute atomic E-state index is 14.2. The van der Waals surface area contributed by atoms with E-state index in [1.165, 1.54) is 6.92 Å². The van der Waals surface area contributed by atoms with Gasteiger partial charge in [-0.15, -0.1) is 0 Å². The van der Waals surface area contributed by atoms with Crippen LogP contribution in [-0.4, -0.2) is 133 Å². The molecule has 2 aromatic carbocycles. The van der Waals surface area contributed by atoms with E-state index in [1.54, 1.807) is 30.3 Å². The average Bonchev–Trinajstić information content (AvgIpc) is 3.28. The Hall–Kier alpha value is -6.00. The highest BCUT2D eigenvalue weighted by atomic mass is 16.3. The summed E-state index contributed by atoms with van der Waals surface area (Å²) in [5.41, 5.74) is 25.1. The maximum Gasteiger partial charge on any atom is 0.245 e. The van der Waals surface area contributed by atoms with E-state index in [1.807, 2.05) is 44.2 Å². The zero-order valence-corrected chi connectivity index (χ0v) is 38.1. The molecule has 1 heterocycles. The van der Waals surface area contributed by atoms with Crippen LogP contribution in [0.5, 0.6) is 0 Å². The first-order valence-corrected chi connectivity index (χ1v) is 22.5. The molecule has 1 fully saturated rings. The predicted molar refractivity (Wildman–Crippen MR) is 246 cm³/mol. The quantitative estimate of drug-likeness (QED) is 0.0776. The van der Waals surface area contributed by atoms with Crippen molar-refractivity contribution in [1.29, 1.82) is 0 Å². The molecule has 1 aliphatic rings. The van der Waals surface area contributed by atoms with Crippen molar-refractivity contribution in [3.05, 3.63) is 71.8 Å². The fourth-order valence-electron chi connectivity index (χ4n) is 7.28. The number of nitrogens with one attached hydrogen (secondary N) is 8. The Labute approximate surface area is 385 Å². The summed E-state index contributed by atoms with van der Waals surface area (Å²) in [4.78, 5) is 111. The van der Waals surface area contributed by atoms with E-state index >= 15 is 0 Å². The second-order valence-electron chi connectivity index (χ2n) is 16.8. The molecule has 17 N–H and O–H groups in total. The van der Waals surface area contributed by atoms with E-state index in [9.17, 15) is 43.5 Å². The first-order valence-electron chi connectivity index (χ1n) is 22.5. The van der Waals surface area contributed by atoms with Gasteiger partial charge in [0, 0.05) is 19.5 Å². The molecular formula is C45H70N12O9. The first-order chi connectivity index (χ1) is 31.5. The molecule has 0 bridgehead atoms. The van der Waals surface area contributed by atoms with Crippen molar-refractivity contribution in [2.75, 3.05) is 32.7 Å². The zero-order chi connectivity index (χ0) is 48.8. The molecule has 0 saturated carbocycles. The molecule has 364 valence electrons. The van der Waals surface area contributed by atoms with Crippen LogP contribution >= 0.6 is 0 Å². The van der Waals surface area contributed by atoms with Gasteiger partial charge in [0.25, 0.3) is 0 Å². The van der Waals surface area contributed by atoms with Crippen LogP contribution in [0.1, 0.15) is 64.0 Å². The van der Waals surface area contributed by atoms with Gasteiger partial charge in [0.1, 0.15) is 42.3 Å². The van der Waals surface area contributed by atoms with E-state index in [0.29, 0.717) is 5.56 Å². The number of benzene rings is 2. The van der Waals surface area contributed by atoms with Gasteiger partial charge in [-0.25, -0.2) is 0 Å². The van der Waals surface area contributed by atoms with Crippen LogP contribution in [0, 0.1) is 11.8 Å². The summed E-state index contributed by atoms with van der Waals surface area (Å²) < 4.78 is 0. The van der Waals surface area contributed by atoms with Crippen LogP contribution in [0.3, 0.4) is 0 Å². The topological polar surface area (TPSA) is 357 Å². The minimum atomic E-state index is -1.56. The van der Waals surface area contributed by atoms with E-state index in [4.69, 9.17) is 22.9 Å². The molecule has 9 atom stereocenters. The van der Waals surface area contributed by atoms with Crippen LogP contribution in [0.25, 0.3) is 0 Å². The third-order valence-corrected chi connectivity index (χ3v) is 10.9. The molecule has 3 rings (SSSR count). The Balaban J connectivity index is 2.11. The van der Waals surface area contributed by atoms with E-state index in [2.05, 4.69) is 42.5 Å². The number of aliphatic hydroxyl groups is 1. The zero-order valence-electron chi connectivity index (χ0n) is 38.1. The Morgan fingerprint density at radius 2 is 1.05 bits per heavy atom. The summed E-state index contributed by atoms with van der Waals surface area (Å²) in [7, 11) is 0. The molecule has 1 aliphatic heterocycles. The standard InChI is InChI=1S/C45H70N12O9/c1-26(2)22-35-43(64)54-31(14-18-46)39(60)53-33(16-20-48)42(63)57-37(27(3)58)45(66)50-21-17-34(51-38(59)30(25-49)23-28-10-6-4-7-11-28)41(62)52-32(15-19-47)40(61)56-36(44(65)55-35)24-29-12-8-5-9-13-29/h4-13,26-27,30-37,58H,14-25,46-49H2,1-3H3,(H,50,66)(H,51,59)(H,52,62)(H,53,60)(H,54,64)(H,55,65)(H,56,61)(H,57,63)/t27-,30-,31+,32+,33+,34+,35+,36-,37+/m1/s1. The number of amides is 8. The normalized spacial score (nSPS) is 24.3. The molecule has 0 aliphatic carbocycles. The van der Waals surface area contributed by atoms with Crippen molar-refractivity contribution in [3.63, 3.8) is 0 Å². The third kappa shape index (κ3) is 17.8. The third-order valence-electron chi connectivity index (χ3n) is 10.9. The lowest BCUT2D eigenvalue weighted by Gasteiger charge is -2.28. The summed E-state index contributed by atoms with van der Waals surface area (Å²) >= 11 is 0. The average molecular weight is 923 g/mol. The van der Waals surface area contributed by atoms with Crippen LogP contribution in [0.4, 0.5) is 0 Å². The lowest BCUT2D eigenvalue weighted by Crippen LogP contribution is -2.61. The number of carbonyl (C=O) groups excluding carboxylic acids is 8. The van der Waals surface area contributed by atoms with Crippen LogP contribution in [0.2, 0.25) is 0 Å². The van der Waals surface area contributed by atoms with Crippen molar-refractivity contribution in [3.8, 4) is 0 Å². The van der Waals surface area contributed by atoms with Crippen molar-refractivity contribution in [1.82, 2.24) is 42.5 Å². The van der Waals surface area contributed by atoms with Gasteiger partial charge in [-0.1, -0.05) is 74.5 Å². The second kappa shape index (κ2) is 28.1. The van der Waals surface area contributed by atoms with E-state index in [0.717, 1.165) is 5.56 Å². The molecule has 21 nitrogen and oxygen atoms in total. The first kappa shape index (κ1) is 54.3. The summed E-state index contributed by atoms with van der Waals surface area (Å²) in [6.07, 6.45) is -1.66. The fourth-order valence-corrected chi connectivity index (χ4v) is 7.28. The van der Waals surface area contributed by atoms with Gasteiger partial charge in [-0.05, 0) is 82.1 Å². The number of aliphatic hydroxyl groups excluding tert-OH is 1. The number of carbonyl (C=O) groups is 8. The van der Waals surface area contributed by atoms with Crippen molar-refractivity contribution >= 4 is 47.3 Å². The Bertz CT molecular complexity index is 1910. The molecule has 66 heavy (non-hydrogen) atoms. The van der Waals surface area contributed by atoms with Crippen LogP contribution in [0.15, 0.2) is 60.7 Å². The largest absolute Gasteiger partial charge is 0.391 e. The maximum atomic E-state index is 14.2. The summed E-state index contributed by atoms with van der Waals surface area (Å²) in [5, 5.41) is 31.7. The van der Waals surface area contributed by atoms with Crippen molar-refractivity contribution in [2.45, 2.75) is 114 Å². The summed E-state index contributed by atoms with van der Waals surface area (Å²) in [6, 6.07) is 8.46. The highest BCUT2D eigenvalue weighted by Crippen LogP contribution is 2.12. The van der Waals surface area contributed by atoms with Gasteiger partial charge < -0.3 is 70.6 Å². The Morgan fingerprint density at radius 3 is 1.53 bits per heavy atom. The van der Waals surface area contributed by atoms with Crippen molar-refractivity contribution < 1.29 is 43.5 Å². The second-order valence-corrected chi connectivity index (χ2v) is 16.8. The van der Waals surface area contributed by atoms with Gasteiger partial charge >= 0.3 is 0 Å². The number of hydrogen-bond acceptors (Lipinski definition) is 13. The van der Waals surface area contributed by atoms with Crippen LogP contribution < -0.4 is 65.5 Å². The lowest BCUT2D eigenvalue weighted by atomic mass is 9.98. The highest BCUT2D eigenvalue weighted by Gasteiger charge is 2.36. The van der Waals surface area contributed by atoms with E-state index < -0.39 is 102 Å². The Morgan fingerprint density at radius 1 is 0.606 bits per heavy atom. The molecule has 8 amide bonds. The molecular weight excluding hydrogens is 853 g/mol. The smallest absolute Gasteiger partial charge is 0.245 e. The lowest BCUT2D eigenvalue weighted by molar-refractivity contribution is -0.136. The van der Waals surface area contributed by atoms with E-state index in [-0.39, 0.29) is 83.6 Å². The molecule has 21 heteroatoms. The molecule has 0 spiro atoms. The van der Waals surface area contributed by atoms with Crippen LogP contribution in [-0.2, 0) is 51.2 Å². The molecule has 1 saturated heterocycles. The number of nitrogens with two attached hydrogens (primary N) is 4. The molecule has 0 unspecified atom stereocenters. The van der Waals surface area contributed by atoms with Gasteiger partial charge in [0.05, 0.1) is 12.0 Å². The SMILES string of the molecule is CC(C)C[C@@H]1NC(=O)[C@@H](Cc2ccccc2)NC(=O)[C@H](CCN)NC(=O)[C@@H](NC(=O)[C@@H](CN)Cc2ccccc2)CCNC(=O)[C@H]([C@@H](C)O)NC(=O)[C@H](CCN)NC(=O)[C@H](CCN)NC1=O. The molecule has 2 aromatic rings. The number of rotatable bonds is 16. The number of hydrogen-bond donors (Lipinski definition) is 13. The van der Waals surface area contributed by atoms with Gasteiger partial charge in [0.15, 0.2) is 0 Å². The Kier molecular flexibility index (Phi) is 23.2. The van der Waals surface area contributed by atoms with Gasteiger partial charge in [-0.3, -0.25) is 38.4 Å². The fraction of sp³-hybridized carbons (Fsp3) is 0.556.